The third-order valence-corrected chi connectivity index (χ3v) is 7.84. The Morgan fingerprint density at radius 1 is 1.41 bits per heavy atom. The zero-order chi connectivity index (χ0) is 14.9. The molecule has 22 heavy (non-hydrogen) atoms. The number of benzene rings is 1. The van der Waals surface area contributed by atoms with Crippen LogP contribution in [0.25, 0.3) is 0 Å². The van der Waals surface area contributed by atoms with Gasteiger partial charge in [0.15, 0.2) is 0 Å². The maximum atomic E-state index is 6.47. The number of thioether (sulfide) groups is 2. The molecular formula is C14H16Cl3N3S2. The molecule has 0 bridgehead atoms. The van der Waals surface area contributed by atoms with Crippen molar-refractivity contribution in [3.05, 3.63) is 46.5 Å². The second-order valence-corrected chi connectivity index (χ2v) is 8.95. The van der Waals surface area contributed by atoms with Crippen LogP contribution in [0.3, 0.4) is 0 Å². The maximum Gasteiger partial charge on any atom is 0.137 e. The van der Waals surface area contributed by atoms with Gasteiger partial charge in [0.1, 0.15) is 16.7 Å². The van der Waals surface area contributed by atoms with E-state index in [4.69, 9.17) is 23.2 Å². The molecule has 0 saturated carbocycles. The van der Waals surface area contributed by atoms with Crippen molar-refractivity contribution in [1.29, 1.82) is 0 Å². The maximum absolute atomic E-state index is 6.47. The number of nitrogens with zero attached hydrogens (tertiary/aromatic N) is 3. The minimum atomic E-state index is -0.129. The van der Waals surface area contributed by atoms with Crippen LogP contribution in [-0.4, -0.2) is 25.8 Å². The van der Waals surface area contributed by atoms with Crippen LogP contribution < -0.4 is 0 Å². The van der Waals surface area contributed by atoms with E-state index >= 15 is 0 Å². The molecule has 1 saturated heterocycles. The first kappa shape index (κ1) is 18.3. The number of hydrogen-bond acceptors (Lipinski definition) is 4. The predicted molar refractivity (Wildman–Crippen MR) is 99.5 cm³/mol. The topological polar surface area (TPSA) is 30.7 Å². The van der Waals surface area contributed by atoms with E-state index in [1.807, 2.05) is 46.4 Å². The summed E-state index contributed by atoms with van der Waals surface area (Å²) in [5.41, 5.74) is 1.12. The zero-order valence-electron chi connectivity index (χ0n) is 11.9. The van der Waals surface area contributed by atoms with Gasteiger partial charge in [-0.2, -0.15) is 5.10 Å². The summed E-state index contributed by atoms with van der Waals surface area (Å²) in [6.07, 6.45) is 4.48. The lowest BCUT2D eigenvalue weighted by Gasteiger charge is -2.29. The fourth-order valence-corrected chi connectivity index (χ4v) is 6.91. The van der Waals surface area contributed by atoms with Crippen LogP contribution in [0.1, 0.15) is 18.9 Å². The van der Waals surface area contributed by atoms with Gasteiger partial charge in [0.05, 0.1) is 6.54 Å². The van der Waals surface area contributed by atoms with Crippen LogP contribution >= 0.6 is 59.1 Å². The molecule has 3 nitrogen and oxygen atoms in total. The van der Waals surface area contributed by atoms with Crippen molar-refractivity contribution in [3.63, 3.8) is 0 Å². The van der Waals surface area contributed by atoms with Gasteiger partial charge in [0, 0.05) is 21.0 Å². The quantitative estimate of drug-likeness (QED) is 0.717. The van der Waals surface area contributed by atoms with Crippen molar-refractivity contribution < 1.29 is 0 Å². The lowest BCUT2D eigenvalue weighted by Crippen LogP contribution is -2.23. The lowest BCUT2D eigenvalue weighted by molar-refractivity contribution is 0.581. The van der Waals surface area contributed by atoms with E-state index in [-0.39, 0.29) is 16.5 Å². The van der Waals surface area contributed by atoms with Gasteiger partial charge < -0.3 is 0 Å². The summed E-state index contributed by atoms with van der Waals surface area (Å²) in [7, 11) is 0. The van der Waals surface area contributed by atoms with Crippen molar-refractivity contribution in [1.82, 2.24) is 14.8 Å². The van der Waals surface area contributed by atoms with Crippen molar-refractivity contribution >= 4 is 59.1 Å². The Bertz CT molecular complexity index is 624. The van der Waals surface area contributed by atoms with Gasteiger partial charge in [-0.05, 0) is 24.1 Å². The van der Waals surface area contributed by atoms with E-state index < -0.39 is 0 Å². The van der Waals surface area contributed by atoms with E-state index in [2.05, 4.69) is 17.0 Å². The molecule has 3 rings (SSSR count). The Hall–Kier alpha value is -0.0700. The molecule has 1 aliphatic heterocycles. The Morgan fingerprint density at radius 3 is 2.82 bits per heavy atom. The number of hydrogen-bond donors (Lipinski definition) is 0. The molecule has 0 spiro atoms. The molecule has 0 amide bonds. The van der Waals surface area contributed by atoms with Gasteiger partial charge in [-0.25, -0.2) is 4.98 Å². The summed E-state index contributed by atoms with van der Waals surface area (Å²) in [4.78, 5) is 4.04. The Balaban J connectivity index is 0.00000176. The van der Waals surface area contributed by atoms with Crippen LogP contribution in [0.2, 0.25) is 10.0 Å². The second kappa shape index (κ2) is 7.67. The van der Waals surface area contributed by atoms with Gasteiger partial charge in [-0.1, -0.05) is 36.2 Å². The van der Waals surface area contributed by atoms with Crippen LogP contribution in [0.15, 0.2) is 30.9 Å². The molecule has 1 aromatic carbocycles. The first-order valence-corrected chi connectivity index (χ1v) is 9.35. The minimum absolute atomic E-state index is 0. The van der Waals surface area contributed by atoms with Crippen molar-refractivity contribution in [2.24, 2.45) is 0 Å². The largest absolute Gasteiger partial charge is 0.250 e. The molecule has 2 atom stereocenters. The van der Waals surface area contributed by atoms with Gasteiger partial charge in [-0.15, -0.1) is 35.9 Å². The number of aromatic nitrogens is 3. The van der Waals surface area contributed by atoms with Crippen LogP contribution in [0.5, 0.6) is 0 Å². The third kappa shape index (κ3) is 3.70. The van der Waals surface area contributed by atoms with E-state index in [0.717, 1.165) is 29.3 Å². The molecule has 0 radical (unpaired) electrons. The molecule has 0 aliphatic carbocycles. The van der Waals surface area contributed by atoms with Crippen molar-refractivity contribution in [2.45, 2.75) is 29.2 Å². The molecule has 2 unspecified atom stereocenters. The van der Waals surface area contributed by atoms with Gasteiger partial charge in [0.25, 0.3) is 0 Å². The van der Waals surface area contributed by atoms with Crippen molar-refractivity contribution in [2.75, 3.05) is 5.75 Å². The van der Waals surface area contributed by atoms with E-state index in [9.17, 15) is 0 Å². The average Bonchev–Trinajstić information content (AvgIpc) is 3.09. The minimum Gasteiger partial charge on any atom is -0.250 e. The first-order chi connectivity index (χ1) is 10.1. The SMILES string of the molecule is CCC1CSC(Cn2cncn2)(c2ccc(Cl)cc2Cl)S1.Cl. The predicted octanol–water partition coefficient (Wildman–Crippen LogP) is 5.12. The van der Waals surface area contributed by atoms with Gasteiger partial charge >= 0.3 is 0 Å². The van der Waals surface area contributed by atoms with Gasteiger partial charge in [0.2, 0.25) is 0 Å². The Labute approximate surface area is 155 Å². The molecule has 120 valence electrons. The van der Waals surface area contributed by atoms with E-state index in [0.29, 0.717) is 10.3 Å². The molecular weight excluding hydrogens is 381 g/mol. The number of halogens is 3. The van der Waals surface area contributed by atoms with Crippen LogP contribution in [0.4, 0.5) is 0 Å². The highest BCUT2D eigenvalue weighted by molar-refractivity contribution is 8.21. The molecule has 2 heterocycles. The summed E-state index contributed by atoms with van der Waals surface area (Å²) >= 11 is 16.4. The standard InChI is InChI=1S/C14H15Cl2N3S2.ClH/c1-2-11-6-20-14(21-11,7-19-9-17-8-18-19)12-4-3-10(15)5-13(12)16;/h3-5,8-9,11H,2,6-7H2,1H3;1H. The van der Waals surface area contributed by atoms with E-state index in [1.54, 1.807) is 12.7 Å². The first-order valence-electron chi connectivity index (χ1n) is 6.72. The highest BCUT2D eigenvalue weighted by atomic mass is 35.5. The normalized spacial score (nSPS) is 24.2. The summed E-state index contributed by atoms with van der Waals surface area (Å²) in [5, 5.41) is 6.28. The summed E-state index contributed by atoms with van der Waals surface area (Å²) < 4.78 is 1.75. The molecule has 2 aromatic rings. The Kier molecular flexibility index (Phi) is 6.37. The monoisotopic (exact) mass is 395 g/mol. The van der Waals surface area contributed by atoms with Crippen LogP contribution in [-0.2, 0) is 10.6 Å². The summed E-state index contributed by atoms with van der Waals surface area (Å²) in [5.74, 6) is 1.12. The fraction of sp³-hybridized carbons (Fsp3) is 0.429. The molecule has 1 aromatic heterocycles. The molecule has 0 N–H and O–H groups in total. The third-order valence-electron chi connectivity index (χ3n) is 3.49. The molecule has 1 aliphatic rings. The highest BCUT2D eigenvalue weighted by Gasteiger charge is 2.43. The average molecular weight is 397 g/mol. The summed E-state index contributed by atoms with van der Waals surface area (Å²) in [6, 6.07) is 5.77. The fourth-order valence-electron chi connectivity index (χ4n) is 2.40. The zero-order valence-corrected chi connectivity index (χ0v) is 15.9. The second-order valence-electron chi connectivity index (χ2n) is 4.93. The summed E-state index contributed by atoms with van der Waals surface area (Å²) in [6.45, 7) is 2.98. The molecule has 8 heteroatoms. The Morgan fingerprint density at radius 2 is 2.23 bits per heavy atom. The highest BCUT2D eigenvalue weighted by Crippen LogP contribution is 2.58. The lowest BCUT2D eigenvalue weighted by atomic mass is 10.1. The smallest absolute Gasteiger partial charge is 0.137 e. The number of rotatable bonds is 4. The molecule has 1 fully saturated rings. The van der Waals surface area contributed by atoms with E-state index in [1.165, 1.54) is 0 Å². The van der Waals surface area contributed by atoms with Gasteiger partial charge in [-0.3, -0.25) is 4.68 Å². The van der Waals surface area contributed by atoms with Crippen molar-refractivity contribution in [3.8, 4) is 0 Å². The van der Waals surface area contributed by atoms with Crippen LogP contribution in [0, 0.1) is 0 Å².